The van der Waals surface area contributed by atoms with Crippen LogP contribution in [0.4, 0.5) is 9.32 Å². The molecule has 0 radical (unpaired) electrons. The smallest absolute Gasteiger partial charge is 0.322 e. The van der Waals surface area contributed by atoms with Gasteiger partial charge in [0.2, 0.25) is 0 Å². The maximum atomic E-state index is 10.5. The van der Waals surface area contributed by atoms with E-state index in [1.807, 2.05) is 5.32 Å². The molecule has 0 unspecified atom stereocenters. The lowest BCUT2D eigenvalue weighted by atomic mass is 11.1. The van der Waals surface area contributed by atoms with Gasteiger partial charge >= 0.3 is 6.09 Å². The first-order valence-electron chi connectivity index (χ1n) is 1.31. The second kappa shape index (κ2) is 2.44. The quantitative estimate of drug-likeness (QED) is 0.465. The van der Waals surface area contributed by atoms with Crippen LogP contribution >= 0.6 is 0 Å². The van der Waals surface area contributed by atoms with Crippen molar-refractivity contribution in [2.75, 3.05) is 7.05 Å². The second-order valence-corrected chi connectivity index (χ2v) is 0.615. The molecule has 0 aromatic rings. The Hall–Kier alpha value is -0.800. The highest BCUT2D eigenvalue weighted by Crippen LogP contribution is 1.70. The van der Waals surface area contributed by atoms with Crippen molar-refractivity contribution >= 4 is 6.09 Å². The van der Waals surface area contributed by atoms with Crippen molar-refractivity contribution in [3.8, 4) is 0 Å². The molecule has 0 spiro atoms. The first-order valence-corrected chi connectivity index (χ1v) is 1.31. The van der Waals surface area contributed by atoms with Crippen LogP contribution in [0.25, 0.3) is 0 Å². The lowest BCUT2D eigenvalue weighted by Gasteiger charge is -1.83. The van der Waals surface area contributed by atoms with E-state index in [2.05, 4.69) is 4.94 Å². The van der Waals surface area contributed by atoms with Crippen LogP contribution in [0.3, 0.4) is 0 Å². The van der Waals surface area contributed by atoms with E-state index in [1.165, 1.54) is 7.05 Å². The third-order valence-electron chi connectivity index (χ3n) is 0.274. The summed E-state index contributed by atoms with van der Waals surface area (Å²) in [6.45, 7) is 0. The molecule has 4 heteroatoms. The molecule has 0 aromatic heterocycles. The van der Waals surface area contributed by atoms with Crippen LogP contribution in [-0.2, 0) is 4.94 Å². The van der Waals surface area contributed by atoms with Crippen molar-refractivity contribution in [3.63, 3.8) is 0 Å². The fraction of sp³-hybridized carbons (Fsp3) is 0.500. The summed E-state index contributed by atoms with van der Waals surface area (Å²) in [5, 5.41) is 1.88. The number of halogens is 1. The van der Waals surface area contributed by atoms with Gasteiger partial charge in [0.1, 0.15) is 0 Å². The fourth-order valence-electron chi connectivity index (χ4n) is 0.0386. The van der Waals surface area contributed by atoms with Crippen molar-refractivity contribution in [2.45, 2.75) is 0 Å². The zero-order valence-corrected chi connectivity index (χ0v) is 3.19. The van der Waals surface area contributed by atoms with Crippen LogP contribution in [0.5, 0.6) is 0 Å². The number of hydrogen-bond acceptors (Lipinski definition) is 2. The van der Waals surface area contributed by atoms with Crippen molar-refractivity contribution in [3.05, 3.63) is 0 Å². The van der Waals surface area contributed by atoms with Gasteiger partial charge in [-0.3, -0.25) is 0 Å². The van der Waals surface area contributed by atoms with Gasteiger partial charge < -0.3 is 5.32 Å². The van der Waals surface area contributed by atoms with E-state index in [9.17, 15) is 9.32 Å². The Kier molecular flexibility index (Phi) is 2.11. The van der Waals surface area contributed by atoms with E-state index in [1.54, 1.807) is 0 Å². The average molecular weight is 93.1 g/mol. The predicted octanol–water partition coefficient (Wildman–Crippen LogP) is 0.227. The van der Waals surface area contributed by atoms with Crippen LogP contribution in [0, 0.1) is 0 Å². The van der Waals surface area contributed by atoms with Gasteiger partial charge in [-0.2, -0.15) is 0 Å². The molecule has 1 amide bonds. The first kappa shape index (κ1) is 5.20. The Bertz CT molecular complexity index is 49.5. The third-order valence-corrected chi connectivity index (χ3v) is 0.274. The van der Waals surface area contributed by atoms with E-state index in [-0.39, 0.29) is 0 Å². The fourth-order valence-corrected chi connectivity index (χ4v) is 0.0386. The number of nitrogens with one attached hydrogen (secondary N) is 1. The largest absolute Gasteiger partial charge is 0.444 e. The molecule has 0 heterocycles. The van der Waals surface area contributed by atoms with Gasteiger partial charge in [-0.15, -0.1) is 0 Å². The molecule has 0 bridgehead atoms. The SMILES string of the molecule is CNC(=O)OF. The molecule has 6 heavy (non-hydrogen) atoms. The minimum absolute atomic E-state index is 1.07. The van der Waals surface area contributed by atoms with E-state index in [0.29, 0.717) is 0 Å². The zero-order chi connectivity index (χ0) is 4.99. The molecule has 0 saturated carbocycles. The van der Waals surface area contributed by atoms with E-state index in [0.717, 1.165) is 0 Å². The van der Waals surface area contributed by atoms with Gasteiger partial charge in [-0.1, -0.05) is 0 Å². The summed E-state index contributed by atoms with van der Waals surface area (Å²) in [6, 6.07) is 0. The maximum Gasteiger partial charge on any atom is 0.444 e. The molecule has 0 aliphatic carbocycles. The summed E-state index contributed by atoms with van der Waals surface area (Å²) in [5.41, 5.74) is 0. The average Bonchev–Trinajstić information content (AvgIpc) is 1.65. The summed E-state index contributed by atoms with van der Waals surface area (Å²) in [5.74, 6) is 0. The normalized spacial score (nSPS) is 7.00. The molecule has 0 aliphatic rings. The monoisotopic (exact) mass is 93.0 g/mol. The van der Waals surface area contributed by atoms with Gasteiger partial charge in [0.05, 0.1) is 0 Å². The Morgan fingerprint density at radius 2 is 2.50 bits per heavy atom. The van der Waals surface area contributed by atoms with Crippen molar-refractivity contribution in [2.24, 2.45) is 0 Å². The minimum Gasteiger partial charge on any atom is -0.322 e. The minimum atomic E-state index is -1.07. The number of carbonyl (C=O) groups excluding carboxylic acids is 1. The van der Waals surface area contributed by atoms with Gasteiger partial charge in [0, 0.05) is 11.6 Å². The van der Waals surface area contributed by atoms with Gasteiger partial charge in [0.15, 0.2) is 0 Å². The maximum absolute atomic E-state index is 10.5. The van der Waals surface area contributed by atoms with Crippen molar-refractivity contribution < 1.29 is 14.3 Å². The molecule has 36 valence electrons. The molecule has 0 fully saturated rings. The van der Waals surface area contributed by atoms with Crippen molar-refractivity contribution in [1.29, 1.82) is 0 Å². The molecule has 0 saturated heterocycles. The molecule has 1 N–H and O–H groups in total. The lowest BCUT2D eigenvalue weighted by molar-refractivity contribution is -0.0613. The Morgan fingerprint density at radius 1 is 2.00 bits per heavy atom. The summed E-state index contributed by atoms with van der Waals surface area (Å²) in [7, 11) is 1.27. The van der Waals surface area contributed by atoms with Crippen molar-refractivity contribution in [1.82, 2.24) is 5.32 Å². The molecule has 0 aromatic carbocycles. The zero-order valence-electron chi connectivity index (χ0n) is 3.19. The summed E-state index contributed by atoms with van der Waals surface area (Å²) >= 11 is 0. The summed E-state index contributed by atoms with van der Waals surface area (Å²) in [6.07, 6.45) is -1.07. The van der Waals surface area contributed by atoms with Crippen LogP contribution in [-0.4, -0.2) is 13.1 Å². The highest BCUT2D eigenvalue weighted by Gasteiger charge is 1.90. The van der Waals surface area contributed by atoms with E-state index >= 15 is 0 Å². The van der Waals surface area contributed by atoms with Gasteiger partial charge in [0.25, 0.3) is 0 Å². The highest BCUT2D eigenvalue weighted by atomic mass is 19.3. The number of amides is 1. The van der Waals surface area contributed by atoms with Crippen LogP contribution < -0.4 is 5.32 Å². The van der Waals surface area contributed by atoms with E-state index < -0.39 is 6.09 Å². The van der Waals surface area contributed by atoms with Crippen LogP contribution in [0.15, 0.2) is 0 Å². The van der Waals surface area contributed by atoms with Crippen LogP contribution in [0.2, 0.25) is 0 Å². The second-order valence-electron chi connectivity index (χ2n) is 0.615. The molecule has 3 nitrogen and oxygen atoms in total. The van der Waals surface area contributed by atoms with Gasteiger partial charge in [-0.05, 0) is 0 Å². The van der Waals surface area contributed by atoms with Crippen LogP contribution in [0.1, 0.15) is 0 Å². The molecular weight excluding hydrogens is 89.0 g/mol. The number of rotatable bonds is 0. The molecule has 0 atom stereocenters. The topological polar surface area (TPSA) is 38.3 Å². The Labute approximate surface area is 34.0 Å². The summed E-state index contributed by atoms with van der Waals surface area (Å²) < 4.78 is 10.5. The Morgan fingerprint density at radius 3 is 2.50 bits per heavy atom. The number of carbonyl (C=O) groups is 1. The Balaban J connectivity index is 2.99. The first-order chi connectivity index (χ1) is 2.81. The van der Waals surface area contributed by atoms with E-state index in [4.69, 9.17) is 0 Å². The third kappa shape index (κ3) is 1.51. The standard InChI is InChI=1S/C2H4FNO2/c1-4-2(5)6-3/h1H3,(H,4,5). The number of hydrogen-bond donors (Lipinski definition) is 1. The molecular formula is C2H4FNO2. The lowest BCUT2D eigenvalue weighted by Crippen LogP contribution is -2.15. The molecule has 0 rings (SSSR count). The van der Waals surface area contributed by atoms with Gasteiger partial charge in [-0.25, -0.2) is 9.74 Å². The highest BCUT2D eigenvalue weighted by molar-refractivity contribution is 5.65. The molecule has 0 aliphatic heterocycles. The predicted molar refractivity (Wildman–Crippen MR) is 16.6 cm³/mol. The summed E-state index contributed by atoms with van der Waals surface area (Å²) in [4.78, 5) is 12.1.